The summed E-state index contributed by atoms with van der Waals surface area (Å²) < 4.78 is 5.17. The first-order valence-corrected chi connectivity index (χ1v) is 7.23. The van der Waals surface area contributed by atoms with E-state index in [4.69, 9.17) is 15.9 Å². The lowest BCUT2D eigenvalue weighted by atomic mass is 9.79. The number of methoxy groups -OCH3 is 1. The van der Waals surface area contributed by atoms with E-state index in [1.165, 1.54) is 5.56 Å². The van der Waals surface area contributed by atoms with Gasteiger partial charge in [0.2, 0.25) is 0 Å². The average Bonchev–Trinajstić information content (AvgIpc) is 2.47. The summed E-state index contributed by atoms with van der Waals surface area (Å²) in [6, 6.07) is 8.28. The molecular formula is C16H25N3O. The Bertz CT molecular complexity index is 447. The third kappa shape index (κ3) is 3.51. The average molecular weight is 275 g/mol. The van der Waals surface area contributed by atoms with E-state index in [-0.39, 0.29) is 5.41 Å². The molecular weight excluding hydrogens is 250 g/mol. The third-order valence-electron chi connectivity index (χ3n) is 4.49. The van der Waals surface area contributed by atoms with Crippen molar-refractivity contribution < 1.29 is 4.74 Å². The van der Waals surface area contributed by atoms with E-state index >= 15 is 0 Å². The summed E-state index contributed by atoms with van der Waals surface area (Å²) in [5.74, 6) is 1.25. The fourth-order valence-electron chi connectivity index (χ4n) is 2.62. The molecule has 0 amide bonds. The maximum Gasteiger partial charge on any atom is 0.118 e. The van der Waals surface area contributed by atoms with Gasteiger partial charge in [-0.05, 0) is 50.0 Å². The van der Waals surface area contributed by atoms with Crippen LogP contribution in [-0.2, 0) is 6.42 Å². The number of likely N-dealkylation sites (tertiary alicyclic amines) is 1. The molecule has 0 atom stereocenters. The standard InChI is InChI=1S/C16H25N3O/c1-16(15(17)18)8-11-19(12-9-16)10-7-13-3-5-14(20-2)6-4-13/h3-6H,7-12H2,1-2H3,(H3,17,18). The van der Waals surface area contributed by atoms with Crippen molar-refractivity contribution in [1.29, 1.82) is 5.41 Å². The van der Waals surface area contributed by atoms with Crippen molar-refractivity contribution in [2.75, 3.05) is 26.7 Å². The summed E-state index contributed by atoms with van der Waals surface area (Å²) >= 11 is 0. The number of hydrogen-bond donors (Lipinski definition) is 2. The fraction of sp³-hybridized carbons (Fsp3) is 0.562. The highest BCUT2D eigenvalue weighted by atomic mass is 16.5. The Morgan fingerprint density at radius 2 is 1.90 bits per heavy atom. The van der Waals surface area contributed by atoms with E-state index in [1.807, 2.05) is 12.1 Å². The van der Waals surface area contributed by atoms with Crippen LogP contribution < -0.4 is 10.5 Å². The number of nitrogens with one attached hydrogen (secondary N) is 1. The van der Waals surface area contributed by atoms with Gasteiger partial charge in [-0.25, -0.2) is 0 Å². The maximum absolute atomic E-state index is 7.67. The summed E-state index contributed by atoms with van der Waals surface area (Å²) in [5.41, 5.74) is 6.94. The predicted molar refractivity (Wildman–Crippen MR) is 82.4 cm³/mol. The molecule has 1 fully saturated rings. The van der Waals surface area contributed by atoms with Crippen molar-refractivity contribution in [3.63, 3.8) is 0 Å². The molecule has 1 aliphatic rings. The van der Waals surface area contributed by atoms with Crippen molar-refractivity contribution in [3.8, 4) is 5.75 Å². The van der Waals surface area contributed by atoms with Crippen LogP contribution >= 0.6 is 0 Å². The Morgan fingerprint density at radius 1 is 1.30 bits per heavy atom. The molecule has 1 heterocycles. The molecule has 1 aromatic carbocycles. The third-order valence-corrected chi connectivity index (χ3v) is 4.49. The van der Waals surface area contributed by atoms with Crippen molar-refractivity contribution in [1.82, 2.24) is 4.90 Å². The molecule has 2 rings (SSSR count). The minimum atomic E-state index is -0.0867. The van der Waals surface area contributed by atoms with Crippen LogP contribution in [0.5, 0.6) is 5.75 Å². The lowest BCUT2D eigenvalue weighted by molar-refractivity contribution is 0.164. The van der Waals surface area contributed by atoms with E-state index in [2.05, 4.69) is 24.0 Å². The highest BCUT2D eigenvalue weighted by Gasteiger charge is 2.32. The lowest BCUT2D eigenvalue weighted by Crippen LogP contribution is -2.45. The normalized spacial score (nSPS) is 18.7. The summed E-state index contributed by atoms with van der Waals surface area (Å²) in [6.07, 6.45) is 3.04. The van der Waals surface area contributed by atoms with Crippen molar-refractivity contribution in [2.24, 2.45) is 11.1 Å². The maximum atomic E-state index is 7.67. The number of benzene rings is 1. The zero-order chi connectivity index (χ0) is 14.6. The first-order chi connectivity index (χ1) is 9.53. The minimum absolute atomic E-state index is 0.0867. The molecule has 0 bridgehead atoms. The van der Waals surface area contributed by atoms with Gasteiger partial charge in [0.25, 0.3) is 0 Å². The Balaban J connectivity index is 1.79. The first kappa shape index (κ1) is 14.9. The molecule has 0 aliphatic carbocycles. The van der Waals surface area contributed by atoms with Gasteiger partial charge in [0, 0.05) is 12.0 Å². The van der Waals surface area contributed by atoms with Crippen LogP contribution in [0, 0.1) is 10.8 Å². The SMILES string of the molecule is COc1ccc(CCN2CCC(C)(C(=N)N)CC2)cc1. The van der Waals surface area contributed by atoms with Crippen LogP contribution in [0.3, 0.4) is 0 Å². The minimum Gasteiger partial charge on any atom is -0.497 e. The van der Waals surface area contributed by atoms with Gasteiger partial charge in [-0.3, -0.25) is 5.41 Å². The van der Waals surface area contributed by atoms with Gasteiger partial charge in [0.15, 0.2) is 0 Å². The smallest absolute Gasteiger partial charge is 0.118 e. The van der Waals surface area contributed by atoms with Gasteiger partial charge >= 0.3 is 0 Å². The molecule has 0 saturated carbocycles. The second kappa shape index (κ2) is 6.27. The highest BCUT2D eigenvalue weighted by molar-refractivity contribution is 5.83. The highest BCUT2D eigenvalue weighted by Crippen LogP contribution is 2.30. The van der Waals surface area contributed by atoms with E-state index in [1.54, 1.807) is 7.11 Å². The number of ether oxygens (including phenoxy) is 1. The van der Waals surface area contributed by atoms with Crippen molar-refractivity contribution >= 4 is 5.84 Å². The van der Waals surface area contributed by atoms with Crippen LogP contribution in [-0.4, -0.2) is 37.5 Å². The molecule has 110 valence electrons. The molecule has 4 nitrogen and oxygen atoms in total. The van der Waals surface area contributed by atoms with Gasteiger partial charge in [-0.2, -0.15) is 0 Å². The van der Waals surface area contributed by atoms with E-state index < -0.39 is 0 Å². The number of hydrogen-bond acceptors (Lipinski definition) is 3. The fourth-order valence-corrected chi connectivity index (χ4v) is 2.62. The zero-order valence-corrected chi connectivity index (χ0v) is 12.5. The molecule has 0 aromatic heterocycles. The zero-order valence-electron chi connectivity index (χ0n) is 12.5. The summed E-state index contributed by atoms with van der Waals surface area (Å²) in [5, 5.41) is 7.67. The van der Waals surface area contributed by atoms with E-state index in [0.717, 1.165) is 44.6 Å². The van der Waals surface area contributed by atoms with Gasteiger partial charge in [0.05, 0.1) is 12.9 Å². The molecule has 1 saturated heterocycles. The monoisotopic (exact) mass is 275 g/mol. The predicted octanol–water partition coefficient (Wildman–Crippen LogP) is 2.28. The summed E-state index contributed by atoms with van der Waals surface area (Å²) in [6.45, 7) is 5.24. The van der Waals surface area contributed by atoms with Crippen LogP contribution in [0.15, 0.2) is 24.3 Å². The Morgan fingerprint density at radius 3 is 2.40 bits per heavy atom. The summed E-state index contributed by atoms with van der Waals surface area (Å²) in [4.78, 5) is 2.47. The molecule has 1 aromatic rings. The number of amidine groups is 1. The quantitative estimate of drug-likeness (QED) is 0.640. The molecule has 20 heavy (non-hydrogen) atoms. The van der Waals surface area contributed by atoms with Gasteiger partial charge in [0.1, 0.15) is 5.75 Å². The molecule has 1 aliphatic heterocycles. The van der Waals surface area contributed by atoms with Crippen molar-refractivity contribution in [2.45, 2.75) is 26.2 Å². The van der Waals surface area contributed by atoms with Crippen LogP contribution in [0.1, 0.15) is 25.3 Å². The van der Waals surface area contributed by atoms with E-state index in [9.17, 15) is 0 Å². The van der Waals surface area contributed by atoms with Crippen LogP contribution in [0.4, 0.5) is 0 Å². The second-order valence-corrected chi connectivity index (χ2v) is 5.91. The Hall–Kier alpha value is -1.55. The molecule has 0 spiro atoms. The van der Waals surface area contributed by atoms with Gasteiger partial charge in [-0.1, -0.05) is 19.1 Å². The van der Waals surface area contributed by atoms with E-state index in [0.29, 0.717) is 5.84 Å². The summed E-state index contributed by atoms with van der Waals surface area (Å²) in [7, 11) is 1.69. The topological polar surface area (TPSA) is 62.3 Å². The molecule has 3 N–H and O–H groups in total. The second-order valence-electron chi connectivity index (χ2n) is 5.91. The Kier molecular flexibility index (Phi) is 4.65. The largest absolute Gasteiger partial charge is 0.497 e. The molecule has 0 radical (unpaired) electrons. The van der Waals surface area contributed by atoms with Crippen molar-refractivity contribution in [3.05, 3.63) is 29.8 Å². The van der Waals surface area contributed by atoms with Crippen LogP contribution in [0.25, 0.3) is 0 Å². The Labute approximate surface area is 121 Å². The number of rotatable bonds is 5. The first-order valence-electron chi connectivity index (χ1n) is 7.23. The number of nitrogens with zero attached hydrogens (tertiary/aromatic N) is 1. The number of nitrogens with two attached hydrogens (primary N) is 1. The van der Waals surface area contributed by atoms with Gasteiger partial charge < -0.3 is 15.4 Å². The number of piperidine rings is 1. The lowest BCUT2D eigenvalue weighted by Gasteiger charge is -2.38. The van der Waals surface area contributed by atoms with Crippen LogP contribution in [0.2, 0.25) is 0 Å². The molecule has 4 heteroatoms. The van der Waals surface area contributed by atoms with Gasteiger partial charge in [-0.15, -0.1) is 0 Å². The molecule has 0 unspecified atom stereocenters.